The van der Waals surface area contributed by atoms with Crippen LogP contribution in [0.25, 0.3) is 88.5 Å². The number of pyridine rings is 1. The van der Waals surface area contributed by atoms with Gasteiger partial charge in [-0.15, -0.1) is 0 Å². The first-order valence-electron chi connectivity index (χ1n) is 16.1. The molecule has 224 valence electrons. The zero-order valence-corrected chi connectivity index (χ0v) is 25.8. The van der Waals surface area contributed by atoms with Gasteiger partial charge in [-0.25, -0.2) is 9.97 Å². The van der Waals surface area contributed by atoms with Gasteiger partial charge in [0.05, 0.1) is 45.0 Å². The van der Waals surface area contributed by atoms with Gasteiger partial charge in [-0.2, -0.15) is 0 Å². The third-order valence-corrected chi connectivity index (χ3v) is 9.41. The van der Waals surface area contributed by atoms with Crippen LogP contribution in [0.4, 0.5) is 0 Å². The predicted molar refractivity (Wildman–Crippen MR) is 197 cm³/mol. The molecule has 0 fully saturated rings. The van der Waals surface area contributed by atoms with E-state index in [2.05, 4.69) is 137 Å². The van der Waals surface area contributed by atoms with Gasteiger partial charge in [0.15, 0.2) is 0 Å². The SMILES string of the molecule is c1ccc(-c2c(-c3cnc4ccccc4n3)ccnc2-n2c3ccccc3c3cc4c(cc32)c2ccccc2n4-c2ccccc2)cc1. The number of fused-ring (bicyclic) bond motifs is 7. The largest absolute Gasteiger partial charge is 0.309 e. The molecular formula is C43H27N5. The molecule has 48 heavy (non-hydrogen) atoms. The van der Waals surface area contributed by atoms with Gasteiger partial charge in [-0.3, -0.25) is 9.55 Å². The Morgan fingerprint density at radius 2 is 1.02 bits per heavy atom. The quantitative estimate of drug-likeness (QED) is 0.198. The minimum atomic E-state index is 0.810. The van der Waals surface area contributed by atoms with E-state index in [0.29, 0.717) is 0 Å². The summed E-state index contributed by atoms with van der Waals surface area (Å²) in [4.78, 5) is 15.0. The van der Waals surface area contributed by atoms with Gasteiger partial charge in [-0.1, -0.05) is 97.1 Å². The highest BCUT2D eigenvalue weighted by Gasteiger charge is 2.23. The van der Waals surface area contributed by atoms with Crippen LogP contribution < -0.4 is 0 Å². The summed E-state index contributed by atoms with van der Waals surface area (Å²) in [5, 5.41) is 4.76. The molecule has 10 rings (SSSR count). The van der Waals surface area contributed by atoms with E-state index in [1.165, 1.54) is 32.6 Å². The van der Waals surface area contributed by atoms with E-state index >= 15 is 0 Å². The minimum absolute atomic E-state index is 0.810. The second-order valence-corrected chi connectivity index (χ2v) is 12.1. The van der Waals surface area contributed by atoms with Crippen LogP contribution >= 0.6 is 0 Å². The summed E-state index contributed by atoms with van der Waals surface area (Å²) < 4.78 is 4.71. The Hall–Kier alpha value is -6.59. The third-order valence-electron chi connectivity index (χ3n) is 9.41. The highest BCUT2D eigenvalue weighted by atomic mass is 15.1. The lowest BCUT2D eigenvalue weighted by molar-refractivity contribution is 1.08. The summed E-state index contributed by atoms with van der Waals surface area (Å²) in [7, 11) is 0. The fourth-order valence-corrected chi connectivity index (χ4v) is 7.32. The third kappa shape index (κ3) is 3.94. The molecule has 5 nitrogen and oxygen atoms in total. The van der Waals surface area contributed by atoms with E-state index < -0.39 is 0 Å². The molecule has 0 aliphatic heterocycles. The monoisotopic (exact) mass is 613 g/mol. The van der Waals surface area contributed by atoms with Gasteiger partial charge in [-0.05, 0) is 60.2 Å². The number of hydrogen-bond donors (Lipinski definition) is 0. The van der Waals surface area contributed by atoms with Crippen molar-refractivity contribution < 1.29 is 0 Å². The maximum atomic E-state index is 5.15. The van der Waals surface area contributed by atoms with Crippen LogP contribution in [0.15, 0.2) is 164 Å². The Morgan fingerprint density at radius 1 is 0.438 bits per heavy atom. The zero-order chi connectivity index (χ0) is 31.6. The molecule has 0 bridgehead atoms. The number of nitrogens with zero attached hydrogens (tertiary/aromatic N) is 5. The van der Waals surface area contributed by atoms with Crippen molar-refractivity contribution in [2.24, 2.45) is 0 Å². The first-order chi connectivity index (χ1) is 23.8. The van der Waals surface area contributed by atoms with Crippen LogP contribution in [0.5, 0.6) is 0 Å². The zero-order valence-electron chi connectivity index (χ0n) is 25.8. The van der Waals surface area contributed by atoms with E-state index in [9.17, 15) is 0 Å². The molecule has 0 spiro atoms. The van der Waals surface area contributed by atoms with Crippen molar-refractivity contribution in [2.75, 3.05) is 0 Å². The molecule has 0 saturated carbocycles. The second kappa shape index (κ2) is 10.5. The van der Waals surface area contributed by atoms with Crippen LogP contribution in [-0.4, -0.2) is 24.1 Å². The Labute approximate surface area is 276 Å². The molecule has 10 aromatic rings. The molecule has 4 heterocycles. The second-order valence-electron chi connectivity index (χ2n) is 12.1. The molecule has 0 saturated heterocycles. The summed E-state index contributed by atoms with van der Waals surface area (Å²) >= 11 is 0. The summed E-state index contributed by atoms with van der Waals surface area (Å²) in [6, 6.07) is 53.2. The summed E-state index contributed by atoms with van der Waals surface area (Å²) in [6.45, 7) is 0. The Morgan fingerprint density at radius 3 is 1.75 bits per heavy atom. The number of benzene rings is 6. The lowest BCUT2D eigenvalue weighted by Crippen LogP contribution is -2.03. The molecule has 0 amide bonds. The standard InChI is InChI=1S/C43H27N5/c1-3-13-28(14-4-1)42-32(37-27-45-35-19-9-10-20-36(35)46-37)23-24-44-43(42)48-39-22-12-8-18-31(39)34-25-40-33(26-41(34)48)30-17-7-11-21-38(30)47(40)29-15-5-2-6-16-29/h1-27H. The van der Waals surface area contributed by atoms with E-state index in [1.54, 1.807) is 0 Å². The van der Waals surface area contributed by atoms with Crippen molar-refractivity contribution in [2.45, 2.75) is 0 Å². The molecule has 0 atom stereocenters. The van der Waals surface area contributed by atoms with E-state index in [-0.39, 0.29) is 0 Å². The van der Waals surface area contributed by atoms with Crippen molar-refractivity contribution in [3.05, 3.63) is 164 Å². The molecule has 0 N–H and O–H groups in total. The van der Waals surface area contributed by atoms with Gasteiger partial charge >= 0.3 is 0 Å². The Balaban J connectivity index is 1.33. The minimum Gasteiger partial charge on any atom is -0.309 e. The van der Waals surface area contributed by atoms with Crippen molar-refractivity contribution in [1.82, 2.24) is 24.1 Å². The van der Waals surface area contributed by atoms with Gasteiger partial charge in [0.25, 0.3) is 0 Å². The molecule has 0 unspecified atom stereocenters. The molecule has 0 aliphatic carbocycles. The Bertz CT molecular complexity index is 2830. The smallest absolute Gasteiger partial charge is 0.146 e. The predicted octanol–water partition coefficient (Wildman–Crippen LogP) is 10.6. The van der Waals surface area contributed by atoms with Gasteiger partial charge < -0.3 is 4.57 Å². The number of rotatable bonds is 4. The molecule has 5 heteroatoms. The van der Waals surface area contributed by atoms with Crippen LogP contribution in [0.2, 0.25) is 0 Å². The first kappa shape index (κ1) is 26.6. The first-order valence-corrected chi connectivity index (χ1v) is 16.1. The van der Waals surface area contributed by atoms with Crippen LogP contribution in [-0.2, 0) is 0 Å². The average Bonchev–Trinajstić information content (AvgIpc) is 3.66. The topological polar surface area (TPSA) is 48.5 Å². The Kier molecular flexibility index (Phi) is 5.81. The molecule has 4 aromatic heterocycles. The number of hydrogen-bond acceptors (Lipinski definition) is 3. The molecular weight excluding hydrogens is 587 g/mol. The summed E-state index contributed by atoms with van der Waals surface area (Å²) in [5.74, 6) is 0.853. The van der Waals surface area contributed by atoms with Crippen molar-refractivity contribution in [3.63, 3.8) is 0 Å². The normalized spacial score (nSPS) is 11.8. The van der Waals surface area contributed by atoms with Gasteiger partial charge in [0.1, 0.15) is 5.82 Å². The van der Waals surface area contributed by atoms with Crippen molar-refractivity contribution >= 4 is 54.6 Å². The summed E-state index contributed by atoms with van der Waals surface area (Å²) in [6.07, 6.45) is 3.77. The number of para-hydroxylation sites is 5. The number of aromatic nitrogens is 5. The molecule has 0 radical (unpaired) electrons. The fourth-order valence-electron chi connectivity index (χ4n) is 7.32. The molecule has 6 aromatic carbocycles. The van der Waals surface area contributed by atoms with E-state index in [4.69, 9.17) is 15.0 Å². The van der Waals surface area contributed by atoms with Crippen LogP contribution in [0.1, 0.15) is 0 Å². The van der Waals surface area contributed by atoms with Crippen LogP contribution in [0, 0.1) is 0 Å². The highest BCUT2D eigenvalue weighted by molar-refractivity contribution is 6.19. The fraction of sp³-hybridized carbons (Fsp3) is 0. The van der Waals surface area contributed by atoms with Crippen molar-refractivity contribution in [1.29, 1.82) is 0 Å². The lowest BCUT2D eigenvalue weighted by Gasteiger charge is -2.17. The van der Waals surface area contributed by atoms with Gasteiger partial charge in [0.2, 0.25) is 0 Å². The maximum absolute atomic E-state index is 5.15. The van der Waals surface area contributed by atoms with Crippen LogP contribution in [0.3, 0.4) is 0 Å². The average molecular weight is 614 g/mol. The highest BCUT2D eigenvalue weighted by Crippen LogP contribution is 2.42. The van der Waals surface area contributed by atoms with E-state index in [0.717, 1.165) is 56.0 Å². The molecule has 0 aliphatic rings. The van der Waals surface area contributed by atoms with E-state index in [1.807, 2.05) is 36.7 Å². The lowest BCUT2D eigenvalue weighted by atomic mass is 9.98. The maximum Gasteiger partial charge on any atom is 0.146 e. The van der Waals surface area contributed by atoms with Crippen molar-refractivity contribution in [3.8, 4) is 33.9 Å². The summed E-state index contributed by atoms with van der Waals surface area (Å²) in [5.41, 5.74) is 11.3. The van der Waals surface area contributed by atoms with Gasteiger partial charge in [0, 0.05) is 44.6 Å².